The second-order valence-electron chi connectivity index (χ2n) is 6.22. The molecule has 2 heterocycles. The van der Waals surface area contributed by atoms with Gasteiger partial charge in [-0.05, 0) is 19.7 Å². The summed E-state index contributed by atoms with van der Waals surface area (Å²) in [5.41, 5.74) is 0.995. The normalized spacial score (nSPS) is 19.5. The number of aryl methyl sites for hydroxylation is 1. The lowest BCUT2D eigenvalue weighted by molar-refractivity contribution is -0.144. The summed E-state index contributed by atoms with van der Waals surface area (Å²) in [7, 11) is 5.73. The fraction of sp³-hybridized carbons (Fsp3) is 0.471. The van der Waals surface area contributed by atoms with Gasteiger partial charge in [0.15, 0.2) is 5.82 Å². The van der Waals surface area contributed by atoms with Crippen molar-refractivity contribution in [2.75, 3.05) is 33.8 Å². The molecule has 0 aliphatic carbocycles. The number of ether oxygens (including phenoxy) is 1. The lowest BCUT2D eigenvalue weighted by Crippen LogP contribution is -2.47. The molecule has 24 heavy (non-hydrogen) atoms. The fourth-order valence-electron chi connectivity index (χ4n) is 3.06. The van der Waals surface area contributed by atoms with Crippen molar-refractivity contribution in [3.8, 4) is 0 Å². The number of amides is 1. The number of hydrogen-bond donors (Lipinski definition) is 0. The first kappa shape index (κ1) is 16.6. The summed E-state index contributed by atoms with van der Waals surface area (Å²) in [5, 5.41) is 8.01. The standard InChI is InChI=1S/C17H23N5O2/c1-20(2)15(13-7-5-4-6-8-13)17(23)22-9-10-24-14(11-22)16-19-18-12-21(16)3/h4-8,12,14-15H,9-11H2,1-3H3/t14-,15+/m0/s1. The number of carbonyl (C=O) groups excluding carboxylic acids is 1. The highest BCUT2D eigenvalue weighted by atomic mass is 16.5. The molecule has 0 bridgehead atoms. The van der Waals surface area contributed by atoms with E-state index in [1.807, 2.05) is 65.8 Å². The Balaban J connectivity index is 1.79. The van der Waals surface area contributed by atoms with E-state index in [1.54, 1.807) is 6.33 Å². The minimum absolute atomic E-state index is 0.0849. The van der Waals surface area contributed by atoms with E-state index in [9.17, 15) is 4.79 Å². The van der Waals surface area contributed by atoms with E-state index in [-0.39, 0.29) is 18.1 Å². The second-order valence-corrected chi connectivity index (χ2v) is 6.22. The van der Waals surface area contributed by atoms with Crippen LogP contribution in [0.4, 0.5) is 0 Å². The largest absolute Gasteiger partial charge is 0.366 e. The maximum absolute atomic E-state index is 13.1. The van der Waals surface area contributed by atoms with Crippen LogP contribution < -0.4 is 0 Å². The molecule has 1 aromatic carbocycles. The highest BCUT2D eigenvalue weighted by Crippen LogP contribution is 2.25. The van der Waals surface area contributed by atoms with Crippen LogP contribution in [0.15, 0.2) is 36.7 Å². The molecule has 7 nitrogen and oxygen atoms in total. The van der Waals surface area contributed by atoms with Gasteiger partial charge in [0, 0.05) is 13.6 Å². The first-order chi connectivity index (χ1) is 11.6. The Morgan fingerprint density at radius 1 is 1.33 bits per heavy atom. The van der Waals surface area contributed by atoms with Crippen LogP contribution in [0.5, 0.6) is 0 Å². The predicted molar refractivity (Wildman–Crippen MR) is 89.1 cm³/mol. The summed E-state index contributed by atoms with van der Waals surface area (Å²) in [6.45, 7) is 1.57. The average molecular weight is 329 g/mol. The van der Waals surface area contributed by atoms with Gasteiger partial charge in [0.1, 0.15) is 18.5 Å². The average Bonchev–Trinajstić information content (AvgIpc) is 3.02. The molecule has 0 radical (unpaired) electrons. The molecule has 3 rings (SSSR count). The zero-order chi connectivity index (χ0) is 17.1. The number of benzene rings is 1. The lowest BCUT2D eigenvalue weighted by Gasteiger charge is -2.36. The maximum Gasteiger partial charge on any atom is 0.244 e. The Morgan fingerprint density at radius 3 is 2.71 bits per heavy atom. The van der Waals surface area contributed by atoms with E-state index >= 15 is 0 Å². The summed E-state index contributed by atoms with van der Waals surface area (Å²) >= 11 is 0. The van der Waals surface area contributed by atoms with Gasteiger partial charge < -0.3 is 14.2 Å². The van der Waals surface area contributed by atoms with Crippen LogP contribution in [0, 0.1) is 0 Å². The minimum Gasteiger partial charge on any atom is -0.366 e. The number of nitrogens with zero attached hydrogens (tertiary/aromatic N) is 5. The summed E-state index contributed by atoms with van der Waals surface area (Å²) in [6.07, 6.45) is 1.40. The second kappa shape index (κ2) is 7.11. The Bertz CT molecular complexity index is 685. The van der Waals surface area contributed by atoms with Gasteiger partial charge in [-0.1, -0.05) is 30.3 Å². The van der Waals surface area contributed by atoms with E-state index < -0.39 is 0 Å². The highest BCUT2D eigenvalue weighted by Gasteiger charge is 2.33. The number of rotatable bonds is 4. The first-order valence-corrected chi connectivity index (χ1v) is 8.03. The van der Waals surface area contributed by atoms with Crippen molar-refractivity contribution in [2.24, 2.45) is 7.05 Å². The first-order valence-electron chi connectivity index (χ1n) is 8.03. The molecule has 0 N–H and O–H groups in total. The zero-order valence-corrected chi connectivity index (χ0v) is 14.3. The number of likely N-dealkylation sites (N-methyl/N-ethyl adjacent to an activating group) is 1. The van der Waals surface area contributed by atoms with Crippen LogP contribution in [0.25, 0.3) is 0 Å². The monoisotopic (exact) mass is 329 g/mol. The molecule has 0 saturated carbocycles. The van der Waals surface area contributed by atoms with Crippen molar-refractivity contribution in [3.05, 3.63) is 48.0 Å². The predicted octanol–water partition coefficient (Wildman–Crippen LogP) is 1.02. The Kier molecular flexibility index (Phi) is 4.92. The molecule has 1 aliphatic heterocycles. The Labute approximate surface area is 141 Å². The van der Waals surface area contributed by atoms with Crippen molar-refractivity contribution in [3.63, 3.8) is 0 Å². The third kappa shape index (κ3) is 3.32. The summed E-state index contributed by atoms with van der Waals surface area (Å²) in [6, 6.07) is 9.55. The van der Waals surface area contributed by atoms with Crippen LogP contribution in [0.1, 0.15) is 23.5 Å². The van der Waals surface area contributed by atoms with Crippen LogP contribution in [0.3, 0.4) is 0 Å². The van der Waals surface area contributed by atoms with Crippen LogP contribution in [-0.4, -0.2) is 64.3 Å². The number of carbonyl (C=O) groups is 1. The zero-order valence-electron chi connectivity index (χ0n) is 14.3. The molecular weight excluding hydrogens is 306 g/mol. The van der Waals surface area contributed by atoms with Crippen molar-refractivity contribution >= 4 is 5.91 Å². The van der Waals surface area contributed by atoms with E-state index in [2.05, 4.69) is 10.2 Å². The Hall–Kier alpha value is -2.25. The SMILES string of the molecule is CN(C)[C@@H](C(=O)N1CCO[C@H](c2nncn2C)C1)c1ccccc1. The number of hydrogen-bond acceptors (Lipinski definition) is 5. The van der Waals surface area contributed by atoms with Gasteiger partial charge in [0.2, 0.25) is 5.91 Å². The third-order valence-electron chi connectivity index (χ3n) is 4.28. The molecule has 1 amide bonds. The molecule has 1 aliphatic rings. The quantitative estimate of drug-likeness (QED) is 0.838. The number of morpholine rings is 1. The topological polar surface area (TPSA) is 63.5 Å². The van der Waals surface area contributed by atoms with E-state index in [0.717, 1.165) is 11.4 Å². The Morgan fingerprint density at radius 2 is 2.08 bits per heavy atom. The molecule has 0 unspecified atom stereocenters. The molecule has 1 fully saturated rings. The van der Waals surface area contributed by atoms with Crippen LogP contribution in [0.2, 0.25) is 0 Å². The van der Waals surface area contributed by atoms with Gasteiger partial charge in [-0.2, -0.15) is 0 Å². The molecular formula is C17H23N5O2. The summed E-state index contributed by atoms with van der Waals surface area (Å²) < 4.78 is 7.63. The van der Waals surface area contributed by atoms with Gasteiger partial charge in [-0.25, -0.2) is 0 Å². The third-order valence-corrected chi connectivity index (χ3v) is 4.28. The van der Waals surface area contributed by atoms with Crippen molar-refractivity contribution in [1.82, 2.24) is 24.6 Å². The van der Waals surface area contributed by atoms with Gasteiger partial charge in [-0.15, -0.1) is 10.2 Å². The molecule has 2 atom stereocenters. The van der Waals surface area contributed by atoms with Gasteiger partial charge in [0.25, 0.3) is 0 Å². The highest BCUT2D eigenvalue weighted by molar-refractivity contribution is 5.83. The molecule has 128 valence electrons. The van der Waals surface area contributed by atoms with Gasteiger partial charge in [0.05, 0.1) is 13.2 Å². The summed E-state index contributed by atoms with van der Waals surface area (Å²) in [5.74, 6) is 0.829. The minimum atomic E-state index is -0.301. The molecule has 0 spiro atoms. The lowest BCUT2D eigenvalue weighted by atomic mass is 10.0. The van der Waals surface area contributed by atoms with Crippen molar-refractivity contribution in [1.29, 1.82) is 0 Å². The van der Waals surface area contributed by atoms with E-state index in [4.69, 9.17) is 4.74 Å². The van der Waals surface area contributed by atoms with Gasteiger partial charge >= 0.3 is 0 Å². The molecule has 1 aromatic heterocycles. The van der Waals surface area contributed by atoms with Crippen molar-refractivity contribution in [2.45, 2.75) is 12.1 Å². The van der Waals surface area contributed by atoms with Crippen molar-refractivity contribution < 1.29 is 9.53 Å². The molecule has 7 heteroatoms. The fourth-order valence-corrected chi connectivity index (χ4v) is 3.06. The number of aromatic nitrogens is 3. The van der Waals surface area contributed by atoms with Crippen LogP contribution in [-0.2, 0) is 16.6 Å². The van der Waals surface area contributed by atoms with Crippen LogP contribution >= 0.6 is 0 Å². The smallest absolute Gasteiger partial charge is 0.244 e. The van der Waals surface area contributed by atoms with E-state index in [1.165, 1.54) is 0 Å². The summed E-state index contributed by atoms with van der Waals surface area (Å²) in [4.78, 5) is 16.9. The maximum atomic E-state index is 13.1. The van der Waals surface area contributed by atoms with E-state index in [0.29, 0.717) is 19.7 Å². The molecule has 2 aromatic rings. The van der Waals surface area contributed by atoms with Gasteiger partial charge in [-0.3, -0.25) is 9.69 Å². The molecule has 1 saturated heterocycles.